The fraction of sp³-hybridized carbons (Fsp3) is 0.700. The van der Waals surface area contributed by atoms with E-state index in [1.807, 2.05) is 5.51 Å². The first-order chi connectivity index (χ1) is 6.75. The average Bonchev–Trinajstić information content (AvgIpc) is 2.72. The third-order valence-electron chi connectivity index (χ3n) is 2.79. The van der Waals surface area contributed by atoms with E-state index < -0.39 is 0 Å². The van der Waals surface area contributed by atoms with E-state index in [-0.39, 0.29) is 0 Å². The minimum Gasteiger partial charge on any atom is -0.308 e. The Balaban J connectivity index is 1.80. The van der Waals surface area contributed by atoms with E-state index in [1.165, 1.54) is 30.1 Å². The average molecular weight is 211 g/mol. The molecule has 0 bridgehead atoms. The fourth-order valence-corrected chi connectivity index (χ4v) is 2.56. The highest BCUT2D eigenvalue weighted by atomic mass is 32.1. The highest BCUT2D eigenvalue weighted by Crippen LogP contribution is 2.13. The lowest BCUT2D eigenvalue weighted by molar-refractivity contribution is 0.398. The van der Waals surface area contributed by atoms with Crippen LogP contribution in [0, 0.1) is 6.92 Å². The molecule has 1 N–H and O–H groups in total. The lowest BCUT2D eigenvalue weighted by Gasteiger charge is -2.11. The second-order valence-corrected chi connectivity index (χ2v) is 4.93. The maximum absolute atomic E-state index is 4.24. The largest absolute Gasteiger partial charge is 0.308 e. The van der Waals surface area contributed by atoms with Crippen LogP contribution in [-0.2, 0) is 6.54 Å². The van der Waals surface area contributed by atoms with Crippen molar-refractivity contribution in [2.75, 3.05) is 20.1 Å². The summed E-state index contributed by atoms with van der Waals surface area (Å²) in [6, 6.07) is 0.668. The Kier molecular flexibility index (Phi) is 3.15. The van der Waals surface area contributed by atoms with Gasteiger partial charge in [0.05, 0.1) is 11.2 Å². The summed E-state index contributed by atoms with van der Waals surface area (Å²) < 4.78 is 0. The van der Waals surface area contributed by atoms with Crippen LogP contribution in [0.5, 0.6) is 0 Å². The van der Waals surface area contributed by atoms with Crippen LogP contribution >= 0.6 is 11.3 Å². The zero-order valence-corrected chi connectivity index (χ0v) is 9.60. The molecule has 78 valence electrons. The first-order valence-electron chi connectivity index (χ1n) is 5.06. The minimum absolute atomic E-state index is 0.668. The summed E-state index contributed by atoms with van der Waals surface area (Å²) in [4.78, 5) is 7.99. The van der Waals surface area contributed by atoms with Gasteiger partial charge in [0.2, 0.25) is 0 Å². The molecule has 1 aliphatic heterocycles. The zero-order valence-electron chi connectivity index (χ0n) is 8.79. The number of aryl methyl sites for hydroxylation is 1. The lowest BCUT2D eigenvalue weighted by Crippen LogP contribution is -2.30. The smallest absolute Gasteiger partial charge is 0.0798 e. The normalized spacial score (nSPS) is 23.1. The van der Waals surface area contributed by atoms with Crippen molar-refractivity contribution in [1.82, 2.24) is 15.2 Å². The summed E-state index contributed by atoms with van der Waals surface area (Å²) in [7, 11) is 2.18. The number of rotatable bonds is 3. The van der Waals surface area contributed by atoms with Gasteiger partial charge in [-0.1, -0.05) is 0 Å². The second kappa shape index (κ2) is 4.38. The van der Waals surface area contributed by atoms with Gasteiger partial charge in [-0.3, -0.25) is 0 Å². The fourth-order valence-electron chi connectivity index (χ4n) is 1.83. The molecule has 1 fully saturated rings. The van der Waals surface area contributed by atoms with E-state index in [4.69, 9.17) is 0 Å². The first-order valence-corrected chi connectivity index (χ1v) is 5.94. The van der Waals surface area contributed by atoms with Crippen molar-refractivity contribution in [3.63, 3.8) is 0 Å². The standard InChI is InChI=1S/C10H17N3S/c1-8-10(14-7-12-8)5-11-9-3-4-13(2)6-9/h7,9,11H,3-6H2,1-2H3. The van der Waals surface area contributed by atoms with Gasteiger partial charge >= 0.3 is 0 Å². The Morgan fingerprint density at radius 2 is 2.57 bits per heavy atom. The number of hydrogen-bond acceptors (Lipinski definition) is 4. The summed E-state index contributed by atoms with van der Waals surface area (Å²) in [5, 5.41) is 3.58. The van der Waals surface area contributed by atoms with Crippen molar-refractivity contribution in [1.29, 1.82) is 0 Å². The van der Waals surface area contributed by atoms with Crippen LogP contribution in [0.2, 0.25) is 0 Å². The molecule has 1 aliphatic rings. The molecule has 1 unspecified atom stereocenters. The van der Waals surface area contributed by atoms with Gasteiger partial charge in [-0.25, -0.2) is 4.98 Å². The van der Waals surface area contributed by atoms with Gasteiger partial charge < -0.3 is 10.2 Å². The Morgan fingerprint density at radius 1 is 1.71 bits per heavy atom. The number of likely N-dealkylation sites (N-methyl/N-ethyl adjacent to an activating group) is 1. The molecule has 1 atom stereocenters. The summed E-state index contributed by atoms with van der Waals surface area (Å²) in [6.07, 6.45) is 1.27. The SMILES string of the molecule is Cc1ncsc1CNC1CCN(C)C1. The topological polar surface area (TPSA) is 28.2 Å². The van der Waals surface area contributed by atoms with Crippen LogP contribution in [0.15, 0.2) is 5.51 Å². The van der Waals surface area contributed by atoms with E-state index in [9.17, 15) is 0 Å². The number of thiazole rings is 1. The summed E-state index contributed by atoms with van der Waals surface area (Å²) in [5.74, 6) is 0. The molecule has 3 nitrogen and oxygen atoms in total. The minimum atomic E-state index is 0.668. The maximum Gasteiger partial charge on any atom is 0.0798 e. The van der Waals surface area contributed by atoms with Crippen molar-refractivity contribution < 1.29 is 0 Å². The monoisotopic (exact) mass is 211 g/mol. The number of hydrogen-bond donors (Lipinski definition) is 1. The molecule has 0 radical (unpaired) electrons. The van der Waals surface area contributed by atoms with Crippen molar-refractivity contribution in [3.05, 3.63) is 16.1 Å². The van der Waals surface area contributed by atoms with Crippen LogP contribution in [0.1, 0.15) is 17.0 Å². The zero-order chi connectivity index (χ0) is 9.97. The van der Waals surface area contributed by atoms with Crippen molar-refractivity contribution in [2.24, 2.45) is 0 Å². The number of aromatic nitrogens is 1. The van der Waals surface area contributed by atoms with E-state index in [2.05, 4.69) is 29.2 Å². The molecule has 0 aromatic carbocycles. The molecule has 0 saturated carbocycles. The van der Waals surface area contributed by atoms with Crippen LogP contribution < -0.4 is 5.32 Å². The van der Waals surface area contributed by atoms with Crippen LogP contribution in [-0.4, -0.2) is 36.1 Å². The predicted octanol–water partition coefficient (Wildman–Crippen LogP) is 1.25. The van der Waals surface area contributed by atoms with E-state index in [0.717, 1.165) is 6.54 Å². The second-order valence-electron chi connectivity index (χ2n) is 3.99. The molecule has 2 rings (SSSR count). The van der Waals surface area contributed by atoms with Gasteiger partial charge in [-0.2, -0.15) is 0 Å². The molecule has 0 spiro atoms. The molecule has 4 heteroatoms. The van der Waals surface area contributed by atoms with Gasteiger partial charge in [0.15, 0.2) is 0 Å². The van der Waals surface area contributed by atoms with Crippen LogP contribution in [0.3, 0.4) is 0 Å². The molecular weight excluding hydrogens is 194 g/mol. The first kappa shape index (κ1) is 10.1. The Bertz CT molecular complexity index is 297. The highest BCUT2D eigenvalue weighted by Gasteiger charge is 2.18. The third-order valence-corrected chi connectivity index (χ3v) is 3.72. The Hall–Kier alpha value is -0.450. The van der Waals surface area contributed by atoms with E-state index in [1.54, 1.807) is 11.3 Å². The van der Waals surface area contributed by atoms with Gasteiger partial charge in [0.25, 0.3) is 0 Å². The van der Waals surface area contributed by atoms with E-state index in [0.29, 0.717) is 6.04 Å². The quantitative estimate of drug-likeness (QED) is 0.815. The maximum atomic E-state index is 4.24. The Labute approximate surface area is 89.1 Å². The summed E-state index contributed by atoms with van der Waals surface area (Å²) in [6.45, 7) is 5.46. The van der Waals surface area contributed by atoms with Gasteiger partial charge in [0, 0.05) is 24.0 Å². The number of nitrogens with zero attached hydrogens (tertiary/aromatic N) is 2. The van der Waals surface area contributed by atoms with Gasteiger partial charge in [-0.05, 0) is 26.9 Å². The van der Waals surface area contributed by atoms with E-state index >= 15 is 0 Å². The molecule has 14 heavy (non-hydrogen) atoms. The van der Waals surface area contributed by atoms with Crippen molar-refractivity contribution in [3.8, 4) is 0 Å². The summed E-state index contributed by atoms with van der Waals surface area (Å²) >= 11 is 1.75. The molecule has 0 aliphatic carbocycles. The van der Waals surface area contributed by atoms with Gasteiger partial charge in [-0.15, -0.1) is 11.3 Å². The third kappa shape index (κ3) is 2.32. The van der Waals surface area contributed by atoms with Gasteiger partial charge in [0.1, 0.15) is 0 Å². The van der Waals surface area contributed by atoms with Crippen molar-refractivity contribution >= 4 is 11.3 Å². The van der Waals surface area contributed by atoms with Crippen molar-refractivity contribution in [2.45, 2.75) is 25.9 Å². The molecule has 1 saturated heterocycles. The van der Waals surface area contributed by atoms with Crippen LogP contribution in [0.25, 0.3) is 0 Å². The predicted molar refractivity (Wildman–Crippen MR) is 59.6 cm³/mol. The molecule has 2 heterocycles. The molecular formula is C10H17N3S. The molecule has 1 aromatic heterocycles. The number of likely N-dealkylation sites (tertiary alicyclic amines) is 1. The highest BCUT2D eigenvalue weighted by molar-refractivity contribution is 7.09. The Morgan fingerprint density at radius 3 is 3.14 bits per heavy atom. The number of nitrogens with one attached hydrogen (secondary N) is 1. The summed E-state index contributed by atoms with van der Waals surface area (Å²) in [5.41, 5.74) is 3.10. The lowest BCUT2D eigenvalue weighted by atomic mass is 10.2. The van der Waals surface area contributed by atoms with Crippen LogP contribution in [0.4, 0.5) is 0 Å². The molecule has 0 amide bonds. The molecule has 1 aromatic rings.